The van der Waals surface area contributed by atoms with E-state index < -0.39 is 17.3 Å². The highest BCUT2D eigenvalue weighted by Crippen LogP contribution is 2.25. The van der Waals surface area contributed by atoms with E-state index in [0.29, 0.717) is 11.3 Å². The largest absolute Gasteiger partial charge is 0.481 e. The highest BCUT2D eigenvalue weighted by atomic mass is 35.5. The van der Waals surface area contributed by atoms with Crippen molar-refractivity contribution in [2.75, 3.05) is 5.32 Å². The van der Waals surface area contributed by atoms with Crippen molar-refractivity contribution in [3.8, 4) is 6.07 Å². The summed E-state index contributed by atoms with van der Waals surface area (Å²) in [6.45, 7) is 2.94. The van der Waals surface area contributed by atoms with Gasteiger partial charge >= 0.3 is 5.97 Å². The van der Waals surface area contributed by atoms with Crippen molar-refractivity contribution in [3.63, 3.8) is 0 Å². The molecule has 100 valence electrons. The predicted molar refractivity (Wildman–Crippen MR) is 70.8 cm³/mol. The smallest absolute Gasteiger partial charge is 0.309 e. The van der Waals surface area contributed by atoms with Crippen LogP contribution in [-0.4, -0.2) is 17.0 Å². The van der Waals surface area contributed by atoms with Gasteiger partial charge in [-0.1, -0.05) is 11.6 Å². The Morgan fingerprint density at radius 3 is 2.58 bits per heavy atom. The second-order valence-corrected chi connectivity index (χ2v) is 5.13. The minimum Gasteiger partial charge on any atom is -0.481 e. The summed E-state index contributed by atoms with van der Waals surface area (Å²) in [5.74, 6) is -1.49. The molecular weight excluding hydrogens is 268 g/mol. The van der Waals surface area contributed by atoms with Gasteiger partial charge in [-0.2, -0.15) is 5.26 Å². The van der Waals surface area contributed by atoms with Crippen molar-refractivity contribution >= 4 is 29.2 Å². The molecule has 0 unspecified atom stereocenters. The summed E-state index contributed by atoms with van der Waals surface area (Å²) in [5, 5.41) is 20.4. The van der Waals surface area contributed by atoms with E-state index in [9.17, 15) is 9.59 Å². The average Bonchev–Trinajstić information content (AvgIpc) is 2.30. The van der Waals surface area contributed by atoms with Crippen LogP contribution in [0.15, 0.2) is 18.2 Å². The molecule has 0 aliphatic heterocycles. The number of anilines is 1. The van der Waals surface area contributed by atoms with Crippen molar-refractivity contribution < 1.29 is 14.7 Å². The van der Waals surface area contributed by atoms with Crippen LogP contribution in [0.25, 0.3) is 0 Å². The molecule has 0 saturated carbocycles. The zero-order valence-electron chi connectivity index (χ0n) is 10.5. The van der Waals surface area contributed by atoms with E-state index in [2.05, 4.69) is 5.32 Å². The molecule has 0 bridgehead atoms. The molecule has 1 amide bonds. The first-order valence-electron chi connectivity index (χ1n) is 5.49. The van der Waals surface area contributed by atoms with Crippen LogP contribution in [0.4, 0.5) is 5.69 Å². The molecule has 0 saturated heterocycles. The summed E-state index contributed by atoms with van der Waals surface area (Å²) in [6, 6.07) is 6.38. The van der Waals surface area contributed by atoms with Gasteiger partial charge in [-0.05, 0) is 32.0 Å². The summed E-state index contributed by atoms with van der Waals surface area (Å²) in [4.78, 5) is 22.7. The fourth-order valence-corrected chi connectivity index (χ4v) is 1.59. The number of aliphatic carboxylic acids is 1. The predicted octanol–water partition coefficient (Wildman–Crippen LogP) is 2.65. The molecule has 5 nitrogen and oxygen atoms in total. The Labute approximate surface area is 115 Å². The molecule has 0 aliphatic rings. The number of hydrogen-bond acceptors (Lipinski definition) is 3. The maximum Gasteiger partial charge on any atom is 0.309 e. The number of amides is 1. The van der Waals surface area contributed by atoms with E-state index in [0.717, 1.165) is 0 Å². The molecule has 0 aliphatic carbocycles. The Balaban J connectivity index is 2.79. The number of carboxylic acid groups (broad SMARTS) is 1. The summed E-state index contributed by atoms with van der Waals surface area (Å²) in [7, 11) is 0. The van der Waals surface area contributed by atoms with E-state index >= 15 is 0 Å². The topological polar surface area (TPSA) is 90.2 Å². The number of rotatable bonds is 4. The van der Waals surface area contributed by atoms with Crippen molar-refractivity contribution in [2.24, 2.45) is 5.41 Å². The molecule has 0 heterocycles. The minimum atomic E-state index is -1.15. The molecule has 0 aromatic heterocycles. The lowest BCUT2D eigenvalue weighted by Gasteiger charge is -2.18. The molecular formula is C13H13ClN2O3. The van der Waals surface area contributed by atoms with Crippen molar-refractivity contribution in [1.82, 2.24) is 0 Å². The van der Waals surface area contributed by atoms with E-state index in [1.165, 1.54) is 32.0 Å². The van der Waals surface area contributed by atoms with Gasteiger partial charge in [0.15, 0.2) is 0 Å². The van der Waals surface area contributed by atoms with Gasteiger partial charge in [-0.15, -0.1) is 0 Å². The first-order valence-corrected chi connectivity index (χ1v) is 5.87. The summed E-state index contributed by atoms with van der Waals surface area (Å²) < 4.78 is 0. The van der Waals surface area contributed by atoms with Crippen LogP contribution in [0.3, 0.4) is 0 Å². The zero-order chi connectivity index (χ0) is 14.6. The lowest BCUT2D eigenvalue weighted by Crippen LogP contribution is -2.29. The number of nitriles is 1. The Hall–Kier alpha value is -2.06. The van der Waals surface area contributed by atoms with Gasteiger partial charge in [0.1, 0.15) is 0 Å². The molecule has 0 fully saturated rings. The number of nitrogens with one attached hydrogen (secondary N) is 1. The minimum absolute atomic E-state index is 0.168. The molecule has 1 aromatic carbocycles. The van der Waals surface area contributed by atoms with Crippen molar-refractivity contribution in [2.45, 2.75) is 20.3 Å². The number of nitrogens with zero attached hydrogens (tertiary/aromatic N) is 1. The first kappa shape index (κ1) is 15.0. The molecule has 0 radical (unpaired) electrons. The normalized spacial score (nSPS) is 10.6. The van der Waals surface area contributed by atoms with Crippen molar-refractivity contribution in [3.05, 3.63) is 28.8 Å². The number of carboxylic acids is 1. The van der Waals surface area contributed by atoms with E-state index in [1.807, 2.05) is 6.07 Å². The Bertz CT molecular complexity index is 561. The van der Waals surface area contributed by atoms with Gasteiger partial charge in [0.2, 0.25) is 5.91 Å². The van der Waals surface area contributed by atoms with Gasteiger partial charge in [0.05, 0.1) is 27.8 Å². The average molecular weight is 281 g/mol. The van der Waals surface area contributed by atoms with Gasteiger partial charge in [-0.25, -0.2) is 0 Å². The number of hydrogen-bond donors (Lipinski definition) is 2. The van der Waals surface area contributed by atoms with E-state index in [-0.39, 0.29) is 11.4 Å². The maximum atomic E-state index is 11.7. The number of benzene rings is 1. The molecule has 1 aromatic rings. The Kier molecular flexibility index (Phi) is 4.52. The van der Waals surface area contributed by atoms with Crippen LogP contribution in [0.1, 0.15) is 25.8 Å². The molecule has 19 heavy (non-hydrogen) atoms. The third kappa shape index (κ3) is 3.97. The van der Waals surface area contributed by atoms with Crippen LogP contribution in [0.2, 0.25) is 5.02 Å². The lowest BCUT2D eigenvalue weighted by molar-refractivity contribution is -0.148. The number of carbonyl (C=O) groups excluding carboxylic acids is 1. The molecule has 6 heteroatoms. The van der Waals surface area contributed by atoms with Gasteiger partial charge in [-0.3, -0.25) is 9.59 Å². The summed E-state index contributed by atoms with van der Waals surface area (Å²) in [6.07, 6.45) is -0.168. The fraction of sp³-hybridized carbons (Fsp3) is 0.308. The highest BCUT2D eigenvalue weighted by molar-refractivity contribution is 6.33. The van der Waals surface area contributed by atoms with Gasteiger partial charge in [0.25, 0.3) is 0 Å². The van der Waals surface area contributed by atoms with E-state index in [4.69, 9.17) is 22.0 Å². The van der Waals surface area contributed by atoms with Gasteiger partial charge in [0, 0.05) is 6.42 Å². The standard InChI is InChI=1S/C13H13ClN2O3/c1-13(2,12(18)19)6-11(17)16-10-4-3-8(7-15)5-9(10)14/h3-5H,6H2,1-2H3,(H,16,17)(H,18,19). The number of carbonyl (C=O) groups is 2. The Morgan fingerprint density at radius 1 is 1.47 bits per heavy atom. The third-order valence-electron chi connectivity index (χ3n) is 2.55. The number of halogens is 1. The van der Waals surface area contributed by atoms with Crippen LogP contribution < -0.4 is 5.32 Å². The van der Waals surface area contributed by atoms with Crippen LogP contribution in [-0.2, 0) is 9.59 Å². The monoisotopic (exact) mass is 280 g/mol. The van der Waals surface area contributed by atoms with Crippen LogP contribution >= 0.6 is 11.6 Å². The quantitative estimate of drug-likeness (QED) is 0.887. The molecule has 2 N–H and O–H groups in total. The van der Waals surface area contributed by atoms with Crippen LogP contribution in [0.5, 0.6) is 0 Å². The first-order chi connectivity index (χ1) is 8.76. The zero-order valence-corrected chi connectivity index (χ0v) is 11.3. The maximum absolute atomic E-state index is 11.7. The van der Waals surface area contributed by atoms with Crippen molar-refractivity contribution in [1.29, 1.82) is 5.26 Å². The van der Waals surface area contributed by atoms with Gasteiger partial charge < -0.3 is 10.4 Å². The molecule has 0 spiro atoms. The van der Waals surface area contributed by atoms with E-state index in [1.54, 1.807) is 0 Å². The SMILES string of the molecule is CC(C)(CC(=O)Nc1ccc(C#N)cc1Cl)C(=O)O. The second-order valence-electron chi connectivity index (χ2n) is 4.72. The molecule has 1 rings (SSSR count). The molecule has 0 atom stereocenters. The Morgan fingerprint density at radius 2 is 2.11 bits per heavy atom. The lowest BCUT2D eigenvalue weighted by atomic mass is 9.89. The van der Waals surface area contributed by atoms with Crippen LogP contribution in [0, 0.1) is 16.7 Å². The summed E-state index contributed by atoms with van der Waals surface area (Å²) >= 11 is 5.90. The third-order valence-corrected chi connectivity index (χ3v) is 2.87. The fourth-order valence-electron chi connectivity index (χ4n) is 1.36. The summed E-state index contributed by atoms with van der Waals surface area (Å²) in [5.41, 5.74) is -0.413. The second kappa shape index (κ2) is 5.72. The highest BCUT2D eigenvalue weighted by Gasteiger charge is 2.30.